The molecule has 0 amide bonds. The number of nitrogens with zero attached hydrogens (tertiary/aromatic N) is 2. The molecule has 18 heavy (non-hydrogen) atoms. The molecule has 0 aromatic carbocycles. The topological polar surface area (TPSA) is 50.9 Å². The molecule has 2 N–H and O–H groups in total. The molecule has 1 heterocycles. The van der Waals surface area contributed by atoms with Crippen LogP contribution >= 0.6 is 11.8 Å². The normalized spacial score (nSPS) is 18.2. The van der Waals surface area contributed by atoms with Crippen molar-refractivity contribution < 1.29 is 17.9 Å². The Bertz CT molecular complexity index is 268. The van der Waals surface area contributed by atoms with E-state index < -0.39 is 12.8 Å². The first-order valence-electron chi connectivity index (χ1n) is 5.76. The number of ether oxygens (including phenoxy) is 1. The third kappa shape index (κ3) is 6.95. The molecule has 106 valence electrons. The van der Waals surface area contributed by atoms with E-state index in [-0.39, 0.29) is 6.61 Å². The van der Waals surface area contributed by atoms with Crippen LogP contribution < -0.4 is 5.73 Å². The average molecular weight is 285 g/mol. The third-order valence-corrected chi connectivity index (χ3v) is 3.26. The lowest BCUT2D eigenvalue weighted by atomic mass is 10.4. The largest absolute Gasteiger partial charge is 0.411 e. The van der Waals surface area contributed by atoms with Crippen LogP contribution in [0.2, 0.25) is 0 Å². The highest BCUT2D eigenvalue weighted by Gasteiger charge is 2.27. The highest BCUT2D eigenvalue weighted by molar-refractivity contribution is 7.99. The van der Waals surface area contributed by atoms with Gasteiger partial charge in [0.1, 0.15) is 6.61 Å². The van der Waals surface area contributed by atoms with E-state index in [4.69, 9.17) is 5.73 Å². The fourth-order valence-corrected chi connectivity index (χ4v) is 2.34. The lowest BCUT2D eigenvalue weighted by Gasteiger charge is -2.27. The number of thioether (sulfide) groups is 1. The third-order valence-electron chi connectivity index (χ3n) is 2.32. The second kappa shape index (κ2) is 7.73. The van der Waals surface area contributed by atoms with Gasteiger partial charge in [-0.1, -0.05) is 0 Å². The van der Waals surface area contributed by atoms with Gasteiger partial charge in [-0.25, -0.2) is 0 Å². The SMILES string of the molecule is NC(=NCCCOCC(F)(F)F)N1CCSCC1. The number of hydrogen-bond donors (Lipinski definition) is 1. The van der Waals surface area contributed by atoms with Gasteiger partial charge in [-0.05, 0) is 6.42 Å². The molecule has 1 rings (SSSR count). The van der Waals surface area contributed by atoms with Crippen molar-refractivity contribution >= 4 is 17.7 Å². The molecule has 1 aliphatic heterocycles. The minimum atomic E-state index is -4.26. The van der Waals surface area contributed by atoms with Gasteiger partial charge in [0.2, 0.25) is 0 Å². The molecule has 0 radical (unpaired) electrons. The monoisotopic (exact) mass is 285 g/mol. The molecule has 0 bridgehead atoms. The summed E-state index contributed by atoms with van der Waals surface area (Å²) in [5, 5.41) is 0. The molecule has 0 unspecified atom stereocenters. The van der Waals surface area contributed by atoms with Crippen LogP contribution in [0.15, 0.2) is 4.99 Å². The Labute approximate surface area is 109 Å². The first kappa shape index (κ1) is 15.4. The molecule has 1 aliphatic rings. The maximum absolute atomic E-state index is 11.8. The van der Waals surface area contributed by atoms with Gasteiger partial charge in [0.15, 0.2) is 5.96 Å². The van der Waals surface area contributed by atoms with Gasteiger partial charge in [-0.15, -0.1) is 0 Å². The van der Waals surface area contributed by atoms with Gasteiger partial charge in [0.05, 0.1) is 0 Å². The zero-order valence-electron chi connectivity index (χ0n) is 10.1. The number of rotatable bonds is 5. The molecule has 0 atom stereocenters. The fourth-order valence-electron chi connectivity index (χ4n) is 1.44. The Hall–Kier alpha value is -0.630. The van der Waals surface area contributed by atoms with E-state index in [1.807, 2.05) is 16.7 Å². The van der Waals surface area contributed by atoms with Crippen molar-refractivity contribution in [1.82, 2.24) is 4.90 Å². The molecule has 0 aromatic heterocycles. The van der Waals surface area contributed by atoms with Crippen molar-refractivity contribution in [2.24, 2.45) is 10.7 Å². The van der Waals surface area contributed by atoms with Crippen molar-refractivity contribution in [2.45, 2.75) is 12.6 Å². The van der Waals surface area contributed by atoms with Crippen LogP contribution in [0.4, 0.5) is 13.2 Å². The predicted molar refractivity (Wildman–Crippen MR) is 66.9 cm³/mol. The van der Waals surface area contributed by atoms with E-state index in [1.165, 1.54) is 0 Å². The van der Waals surface area contributed by atoms with Gasteiger partial charge >= 0.3 is 6.18 Å². The number of nitrogens with two attached hydrogens (primary N) is 1. The smallest absolute Gasteiger partial charge is 0.372 e. The second-order valence-corrected chi connectivity index (χ2v) is 5.09. The lowest BCUT2D eigenvalue weighted by Crippen LogP contribution is -2.42. The number of halogens is 3. The average Bonchev–Trinajstić information content (AvgIpc) is 2.33. The summed E-state index contributed by atoms with van der Waals surface area (Å²) in [6.07, 6.45) is -3.81. The van der Waals surface area contributed by atoms with E-state index >= 15 is 0 Å². The van der Waals surface area contributed by atoms with E-state index in [0.29, 0.717) is 18.9 Å². The molecule has 1 fully saturated rings. The Morgan fingerprint density at radius 2 is 2.00 bits per heavy atom. The van der Waals surface area contributed by atoms with E-state index in [2.05, 4.69) is 9.73 Å². The van der Waals surface area contributed by atoms with Crippen LogP contribution in [0.5, 0.6) is 0 Å². The minimum Gasteiger partial charge on any atom is -0.372 e. The van der Waals surface area contributed by atoms with Gasteiger partial charge in [-0.3, -0.25) is 4.99 Å². The summed E-state index contributed by atoms with van der Waals surface area (Å²) in [4.78, 5) is 6.12. The summed E-state index contributed by atoms with van der Waals surface area (Å²) in [5.41, 5.74) is 5.78. The Morgan fingerprint density at radius 1 is 1.33 bits per heavy atom. The number of guanidine groups is 1. The maximum atomic E-state index is 11.8. The highest BCUT2D eigenvalue weighted by atomic mass is 32.2. The van der Waals surface area contributed by atoms with Crippen molar-refractivity contribution in [3.8, 4) is 0 Å². The van der Waals surface area contributed by atoms with Gasteiger partial charge in [0.25, 0.3) is 0 Å². The lowest BCUT2D eigenvalue weighted by molar-refractivity contribution is -0.173. The Kier molecular flexibility index (Phi) is 6.62. The summed E-state index contributed by atoms with van der Waals surface area (Å²) in [5.74, 6) is 2.54. The van der Waals surface area contributed by atoms with Crippen LogP contribution in [0.25, 0.3) is 0 Å². The molecule has 0 spiro atoms. The van der Waals surface area contributed by atoms with Crippen LogP contribution in [-0.2, 0) is 4.74 Å². The highest BCUT2D eigenvalue weighted by Crippen LogP contribution is 2.14. The summed E-state index contributed by atoms with van der Waals surface area (Å²) >= 11 is 1.87. The summed E-state index contributed by atoms with van der Waals surface area (Å²) in [6.45, 7) is 1.00. The molecule has 0 aromatic rings. The van der Waals surface area contributed by atoms with Crippen molar-refractivity contribution in [3.63, 3.8) is 0 Å². The second-order valence-electron chi connectivity index (χ2n) is 3.86. The summed E-state index contributed by atoms with van der Waals surface area (Å²) in [6, 6.07) is 0. The maximum Gasteiger partial charge on any atom is 0.411 e. The van der Waals surface area contributed by atoms with Crippen LogP contribution in [-0.4, -0.2) is 61.4 Å². The van der Waals surface area contributed by atoms with Crippen LogP contribution in [0, 0.1) is 0 Å². The standard InChI is InChI=1S/C10H18F3N3OS/c11-10(12,13)8-17-5-1-2-15-9(14)16-3-6-18-7-4-16/h1-8H2,(H2,14,15). The molecular weight excluding hydrogens is 267 g/mol. The first-order chi connectivity index (χ1) is 8.49. The quantitative estimate of drug-likeness (QED) is 0.470. The molecule has 0 aliphatic carbocycles. The van der Waals surface area contributed by atoms with Gasteiger partial charge < -0.3 is 15.4 Å². The zero-order valence-corrected chi connectivity index (χ0v) is 10.9. The molecule has 4 nitrogen and oxygen atoms in total. The van der Waals surface area contributed by atoms with E-state index in [1.54, 1.807) is 0 Å². The van der Waals surface area contributed by atoms with Gasteiger partial charge in [0, 0.05) is 37.7 Å². The number of hydrogen-bond acceptors (Lipinski definition) is 3. The van der Waals surface area contributed by atoms with Crippen LogP contribution in [0.3, 0.4) is 0 Å². The summed E-state index contributed by atoms with van der Waals surface area (Å²) in [7, 11) is 0. The Morgan fingerprint density at radius 3 is 2.61 bits per heavy atom. The Balaban J connectivity index is 2.08. The summed E-state index contributed by atoms with van der Waals surface area (Å²) < 4.78 is 39.7. The molecule has 8 heteroatoms. The zero-order chi connectivity index (χ0) is 13.4. The number of aliphatic imine (C=N–C) groups is 1. The number of alkyl halides is 3. The fraction of sp³-hybridized carbons (Fsp3) is 0.900. The van der Waals surface area contributed by atoms with E-state index in [9.17, 15) is 13.2 Å². The first-order valence-corrected chi connectivity index (χ1v) is 6.91. The van der Waals surface area contributed by atoms with Crippen LogP contribution in [0.1, 0.15) is 6.42 Å². The van der Waals surface area contributed by atoms with E-state index in [0.717, 1.165) is 24.6 Å². The van der Waals surface area contributed by atoms with Crippen molar-refractivity contribution in [3.05, 3.63) is 0 Å². The van der Waals surface area contributed by atoms with Crippen molar-refractivity contribution in [1.29, 1.82) is 0 Å². The molecule has 0 saturated carbocycles. The van der Waals surface area contributed by atoms with Gasteiger partial charge in [-0.2, -0.15) is 24.9 Å². The molecule has 1 saturated heterocycles. The minimum absolute atomic E-state index is 0.0478. The predicted octanol–water partition coefficient (Wildman–Crippen LogP) is 1.32. The van der Waals surface area contributed by atoms with Crippen molar-refractivity contribution in [2.75, 3.05) is 44.4 Å². The molecular formula is C10H18F3N3OS.